The summed E-state index contributed by atoms with van der Waals surface area (Å²) in [6.45, 7) is 1.04. The summed E-state index contributed by atoms with van der Waals surface area (Å²) in [7, 11) is 0. The van der Waals surface area contributed by atoms with Crippen LogP contribution in [-0.2, 0) is 0 Å². The fourth-order valence-electron chi connectivity index (χ4n) is 1.89. The van der Waals surface area contributed by atoms with Crippen LogP contribution in [0.25, 0.3) is 0 Å². The molecule has 0 spiro atoms. The smallest absolute Gasteiger partial charge is 0.0334 e. The van der Waals surface area contributed by atoms with Gasteiger partial charge < -0.3 is 11.1 Å². The summed E-state index contributed by atoms with van der Waals surface area (Å²) >= 11 is 0. The Morgan fingerprint density at radius 2 is 2.00 bits per heavy atom. The highest BCUT2D eigenvalue weighted by Gasteiger charge is 2.19. The Balaban J connectivity index is 2.08. The molecule has 70 valence electrons. The van der Waals surface area contributed by atoms with E-state index in [1.54, 1.807) is 0 Å². The van der Waals surface area contributed by atoms with Crippen molar-refractivity contribution in [1.82, 2.24) is 5.32 Å². The molecule has 0 unspecified atom stereocenters. The van der Waals surface area contributed by atoms with E-state index in [4.69, 9.17) is 5.73 Å². The standard InChI is InChI=1S/C11H16N2/c12-10-6-7-13-11(8-10)9-4-2-1-3-5-9/h1-5,10-11,13H,6-8,12H2/t10-,11-/m0/s1. The van der Waals surface area contributed by atoms with Gasteiger partial charge in [0, 0.05) is 12.1 Å². The second kappa shape index (κ2) is 3.90. The van der Waals surface area contributed by atoms with Gasteiger partial charge in [-0.1, -0.05) is 30.3 Å². The average Bonchev–Trinajstić information content (AvgIpc) is 2.19. The molecule has 1 aromatic rings. The summed E-state index contributed by atoms with van der Waals surface area (Å²) in [6.07, 6.45) is 2.16. The Kier molecular flexibility index (Phi) is 2.62. The van der Waals surface area contributed by atoms with Gasteiger partial charge in [-0.3, -0.25) is 0 Å². The van der Waals surface area contributed by atoms with Crippen molar-refractivity contribution >= 4 is 0 Å². The summed E-state index contributed by atoms with van der Waals surface area (Å²) in [5.41, 5.74) is 7.28. The van der Waals surface area contributed by atoms with Gasteiger partial charge in [0.15, 0.2) is 0 Å². The maximum absolute atomic E-state index is 5.92. The lowest BCUT2D eigenvalue weighted by Crippen LogP contribution is -2.38. The molecule has 1 fully saturated rings. The normalized spacial score (nSPS) is 28.7. The zero-order valence-electron chi connectivity index (χ0n) is 7.74. The Morgan fingerprint density at radius 1 is 1.23 bits per heavy atom. The van der Waals surface area contributed by atoms with Crippen molar-refractivity contribution in [2.45, 2.75) is 24.9 Å². The zero-order chi connectivity index (χ0) is 9.10. The van der Waals surface area contributed by atoms with Crippen LogP contribution in [0.3, 0.4) is 0 Å². The number of nitrogens with two attached hydrogens (primary N) is 1. The minimum atomic E-state index is 0.367. The number of piperidine rings is 1. The fraction of sp³-hybridized carbons (Fsp3) is 0.455. The minimum Gasteiger partial charge on any atom is -0.328 e. The summed E-state index contributed by atoms with van der Waals surface area (Å²) in [6, 6.07) is 11.4. The van der Waals surface area contributed by atoms with E-state index in [2.05, 4.69) is 29.6 Å². The summed E-state index contributed by atoms with van der Waals surface area (Å²) in [5, 5.41) is 3.49. The number of benzene rings is 1. The van der Waals surface area contributed by atoms with Crippen LogP contribution in [0.15, 0.2) is 30.3 Å². The molecule has 1 saturated heterocycles. The quantitative estimate of drug-likeness (QED) is 0.679. The topological polar surface area (TPSA) is 38.0 Å². The van der Waals surface area contributed by atoms with Gasteiger partial charge in [0.05, 0.1) is 0 Å². The fourth-order valence-corrected chi connectivity index (χ4v) is 1.89. The van der Waals surface area contributed by atoms with Crippen LogP contribution >= 0.6 is 0 Å². The summed E-state index contributed by atoms with van der Waals surface area (Å²) in [4.78, 5) is 0. The molecular formula is C11H16N2. The van der Waals surface area contributed by atoms with E-state index in [9.17, 15) is 0 Å². The molecule has 0 aromatic heterocycles. The van der Waals surface area contributed by atoms with Crippen LogP contribution in [0.2, 0.25) is 0 Å². The zero-order valence-corrected chi connectivity index (χ0v) is 7.74. The van der Waals surface area contributed by atoms with Crippen molar-refractivity contribution in [3.63, 3.8) is 0 Å². The van der Waals surface area contributed by atoms with Gasteiger partial charge in [0.1, 0.15) is 0 Å². The minimum absolute atomic E-state index is 0.367. The van der Waals surface area contributed by atoms with Crippen molar-refractivity contribution in [1.29, 1.82) is 0 Å². The van der Waals surface area contributed by atoms with Crippen molar-refractivity contribution in [3.8, 4) is 0 Å². The van der Waals surface area contributed by atoms with E-state index in [0.717, 1.165) is 19.4 Å². The molecule has 0 saturated carbocycles. The highest BCUT2D eigenvalue weighted by atomic mass is 14.9. The monoisotopic (exact) mass is 176 g/mol. The lowest BCUT2D eigenvalue weighted by atomic mass is 9.94. The van der Waals surface area contributed by atoms with Crippen molar-refractivity contribution in [2.24, 2.45) is 5.73 Å². The van der Waals surface area contributed by atoms with E-state index < -0.39 is 0 Å². The van der Waals surface area contributed by atoms with E-state index in [-0.39, 0.29) is 0 Å². The second-order valence-corrected chi connectivity index (χ2v) is 3.70. The van der Waals surface area contributed by atoms with Gasteiger partial charge in [-0.05, 0) is 24.9 Å². The molecule has 1 aliphatic rings. The van der Waals surface area contributed by atoms with Gasteiger partial charge in [-0.25, -0.2) is 0 Å². The lowest BCUT2D eigenvalue weighted by molar-refractivity contribution is 0.369. The average molecular weight is 176 g/mol. The van der Waals surface area contributed by atoms with E-state index in [1.165, 1.54) is 5.56 Å². The maximum Gasteiger partial charge on any atom is 0.0334 e. The molecule has 2 heteroatoms. The van der Waals surface area contributed by atoms with E-state index in [1.807, 2.05) is 6.07 Å². The number of rotatable bonds is 1. The number of nitrogens with one attached hydrogen (secondary N) is 1. The van der Waals surface area contributed by atoms with Gasteiger partial charge in [-0.2, -0.15) is 0 Å². The number of hydrogen-bond acceptors (Lipinski definition) is 2. The molecule has 2 rings (SSSR count). The molecule has 0 amide bonds. The molecule has 3 N–H and O–H groups in total. The van der Waals surface area contributed by atoms with Crippen LogP contribution in [0.5, 0.6) is 0 Å². The molecule has 2 nitrogen and oxygen atoms in total. The highest BCUT2D eigenvalue weighted by Crippen LogP contribution is 2.21. The van der Waals surface area contributed by atoms with E-state index in [0.29, 0.717) is 12.1 Å². The van der Waals surface area contributed by atoms with Crippen LogP contribution < -0.4 is 11.1 Å². The van der Waals surface area contributed by atoms with Gasteiger partial charge in [0.2, 0.25) is 0 Å². The Hall–Kier alpha value is -0.860. The number of hydrogen-bond donors (Lipinski definition) is 2. The van der Waals surface area contributed by atoms with Crippen molar-refractivity contribution in [3.05, 3.63) is 35.9 Å². The van der Waals surface area contributed by atoms with Crippen molar-refractivity contribution in [2.75, 3.05) is 6.54 Å². The molecule has 1 aliphatic heterocycles. The summed E-state index contributed by atoms with van der Waals surface area (Å²) in [5.74, 6) is 0. The van der Waals surface area contributed by atoms with Crippen LogP contribution in [0.1, 0.15) is 24.4 Å². The molecule has 0 bridgehead atoms. The maximum atomic E-state index is 5.92. The molecular weight excluding hydrogens is 160 g/mol. The Bertz CT molecular complexity index is 258. The first-order valence-corrected chi connectivity index (χ1v) is 4.90. The Labute approximate surface area is 79.1 Å². The third kappa shape index (κ3) is 2.08. The molecule has 0 aliphatic carbocycles. The third-order valence-electron chi connectivity index (χ3n) is 2.65. The lowest BCUT2D eigenvalue weighted by Gasteiger charge is -2.28. The predicted molar refractivity (Wildman–Crippen MR) is 54.4 cm³/mol. The Morgan fingerprint density at radius 3 is 2.69 bits per heavy atom. The van der Waals surface area contributed by atoms with Crippen LogP contribution in [0.4, 0.5) is 0 Å². The van der Waals surface area contributed by atoms with Gasteiger partial charge in [0.25, 0.3) is 0 Å². The van der Waals surface area contributed by atoms with Crippen molar-refractivity contribution < 1.29 is 0 Å². The second-order valence-electron chi connectivity index (χ2n) is 3.70. The molecule has 1 aromatic carbocycles. The van der Waals surface area contributed by atoms with E-state index >= 15 is 0 Å². The first-order valence-electron chi connectivity index (χ1n) is 4.90. The molecule has 1 heterocycles. The molecule has 13 heavy (non-hydrogen) atoms. The third-order valence-corrected chi connectivity index (χ3v) is 2.65. The van der Waals surface area contributed by atoms with Crippen LogP contribution in [0, 0.1) is 0 Å². The molecule has 0 radical (unpaired) electrons. The molecule has 2 atom stereocenters. The predicted octanol–water partition coefficient (Wildman–Crippen LogP) is 1.44. The first-order chi connectivity index (χ1) is 6.36. The highest BCUT2D eigenvalue weighted by molar-refractivity contribution is 5.19. The first kappa shape index (κ1) is 8.73. The van der Waals surface area contributed by atoms with Crippen LogP contribution in [-0.4, -0.2) is 12.6 Å². The SMILES string of the molecule is N[C@H]1CCN[C@H](c2ccccc2)C1. The van der Waals surface area contributed by atoms with Gasteiger partial charge >= 0.3 is 0 Å². The summed E-state index contributed by atoms with van der Waals surface area (Å²) < 4.78 is 0. The van der Waals surface area contributed by atoms with Gasteiger partial charge in [-0.15, -0.1) is 0 Å². The largest absolute Gasteiger partial charge is 0.328 e.